The highest BCUT2D eigenvalue weighted by Gasteiger charge is 2.16. The van der Waals surface area contributed by atoms with E-state index in [4.69, 9.17) is 0 Å². The summed E-state index contributed by atoms with van der Waals surface area (Å²) < 4.78 is 26.4. The van der Waals surface area contributed by atoms with E-state index in [0.29, 0.717) is 0 Å². The molecule has 2 nitrogen and oxygen atoms in total. The molecule has 0 aliphatic carbocycles. The van der Waals surface area contributed by atoms with Gasteiger partial charge in [0.25, 0.3) is 0 Å². The number of nitrogens with one attached hydrogen (secondary N) is 1. The Hall–Kier alpha value is -1.00. The maximum Gasteiger partial charge on any atom is 0.130 e. The Morgan fingerprint density at radius 2 is 2.07 bits per heavy atom. The molecule has 1 N–H and O–H groups in total. The highest BCUT2D eigenvalue weighted by atomic mass is 19.1. The van der Waals surface area contributed by atoms with Crippen LogP contribution in [0.15, 0.2) is 18.2 Å². The third-order valence-corrected chi connectivity index (χ3v) is 2.61. The molecule has 0 aromatic heterocycles. The van der Waals surface area contributed by atoms with Crippen molar-refractivity contribution < 1.29 is 8.78 Å². The second-order valence-corrected chi connectivity index (χ2v) is 3.70. The fourth-order valence-electron chi connectivity index (χ4n) is 1.70. The molecule has 1 atom stereocenters. The van der Waals surface area contributed by atoms with Crippen LogP contribution in [0.4, 0.5) is 8.78 Å². The summed E-state index contributed by atoms with van der Waals surface area (Å²) in [5.41, 5.74) is 0.115. The minimum absolute atomic E-state index is 0.115. The molecule has 1 saturated heterocycles. The second-order valence-electron chi connectivity index (χ2n) is 3.70. The van der Waals surface area contributed by atoms with Crippen molar-refractivity contribution in [3.05, 3.63) is 35.4 Å². The van der Waals surface area contributed by atoms with Crippen LogP contribution < -0.4 is 10.6 Å². The molecular formula is C11H13F2N2. The molecule has 1 fully saturated rings. The number of nitrogens with zero attached hydrogens (tertiary/aromatic N) is 1. The van der Waals surface area contributed by atoms with Crippen LogP contribution in [0.25, 0.3) is 0 Å². The normalized spacial score (nSPS) is 20.8. The first-order chi connectivity index (χ1) is 7.27. The van der Waals surface area contributed by atoms with Crippen LogP contribution in [0.1, 0.15) is 12.0 Å². The van der Waals surface area contributed by atoms with Crippen molar-refractivity contribution in [2.45, 2.75) is 19.0 Å². The van der Waals surface area contributed by atoms with E-state index in [1.807, 2.05) is 0 Å². The molecule has 1 aromatic rings. The van der Waals surface area contributed by atoms with Gasteiger partial charge in [0.15, 0.2) is 0 Å². The van der Waals surface area contributed by atoms with E-state index in [-0.39, 0.29) is 18.2 Å². The van der Waals surface area contributed by atoms with Gasteiger partial charge in [0.2, 0.25) is 0 Å². The van der Waals surface area contributed by atoms with Crippen molar-refractivity contribution in [1.82, 2.24) is 10.6 Å². The molecule has 81 valence electrons. The van der Waals surface area contributed by atoms with Crippen LogP contribution in [-0.2, 0) is 6.54 Å². The zero-order valence-electron chi connectivity index (χ0n) is 8.34. The lowest BCUT2D eigenvalue weighted by Gasteiger charge is -2.11. The molecule has 1 aliphatic heterocycles. The first-order valence-electron chi connectivity index (χ1n) is 5.07. The van der Waals surface area contributed by atoms with E-state index in [2.05, 4.69) is 10.6 Å². The van der Waals surface area contributed by atoms with E-state index in [1.165, 1.54) is 18.2 Å². The monoisotopic (exact) mass is 211 g/mol. The lowest BCUT2D eigenvalue weighted by atomic mass is 10.1. The van der Waals surface area contributed by atoms with Gasteiger partial charge in [0.05, 0.1) is 0 Å². The van der Waals surface area contributed by atoms with E-state index in [0.717, 1.165) is 19.5 Å². The van der Waals surface area contributed by atoms with Crippen molar-refractivity contribution in [1.29, 1.82) is 0 Å². The lowest BCUT2D eigenvalue weighted by Crippen LogP contribution is -2.30. The van der Waals surface area contributed by atoms with Crippen molar-refractivity contribution in [2.24, 2.45) is 0 Å². The zero-order chi connectivity index (χ0) is 10.7. The topological polar surface area (TPSA) is 26.1 Å². The van der Waals surface area contributed by atoms with Crippen molar-refractivity contribution in [3.63, 3.8) is 0 Å². The molecule has 0 spiro atoms. The van der Waals surface area contributed by atoms with Crippen LogP contribution >= 0.6 is 0 Å². The van der Waals surface area contributed by atoms with Crippen LogP contribution in [0.3, 0.4) is 0 Å². The predicted octanol–water partition coefficient (Wildman–Crippen LogP) is 1.43. The molecule has 1 radical (unpaired) electrons. The van der Waals surface area contributed by atoms with Gasteiger partial charge >= 0.3 is 0 Å². The summed E-state index contributed by atoms with van der Waals surface area (Å²) in [6.45, 7) is 1.83. The highest BCUT2D eigenvalue weighted by Crippen LogP contribution is 2.12. The Balaban J connectivity index is 1.97. The predicted molar refractivity (Wildman–Crippen MR) is 53.5 cm³/mol. The Morgan fingerprint density at radius 3 is 2.67 bits per heavy atom. The summed E-state index contributed by atoms with van der Waals surface area (Å²) in [5.74, 6) is -0.977. The van der Waals surface area contributed by atoms with Gasteiger partial charge in [-0.05, 0) is 18.6 Å². The number of hydrogen-bond acceptors (Lipinski definition) is 1. The molecule has 15 heavy (non-hydrogen) atoms. The highest BCUT2D eigenvalue weighted by molar-refractivity contribution is 5.19. The van der Waals surface area contributed by atoms with Gasteiger partial charge in [0.1, 0.15) is 11.6 Å². The molecule has 2 rings (SSSR count). The number of rotatable bonds is 3. The molecule has 1 heterocycles. The first-order valence-corrected chi connectivity index (χ1v) is 5.07. The Bertz CT molecular complexity index is 315. The SMILES string of the molecule is Fc1cccc(F)c1CNC1CC[N]C1. The summed E-state index contributed by atoms with van der Waals surface area (Å²) in [6.07, 6.45) is 0.954. The van der Waals surface area contributed by atoms with Crippen molar-refractivity contribution in [2.75, 3.05) is 13.1 Å². The third kappa shape index (κ3) is 2.52. The van der Waals surface area contributed by atoms with E-state index in [9.17, 15) is 8.78 Å². The summed E-state index contributed by atoms with van der Waals surface area (Å²) >= 11 is 0. The molecule has 0 bridgehead atoms. The third-order valence-electron chi connectivity index (χ3n) is 2.61. The van der Waals surface area contributed by atoms with Gasteiger partial charge < -0.3 is 5.32 Å². The standard InChI is InChI=1S/C11H13F2N2/c12-10-2-1-3-11(13)9(10)7-15-8-4-5-14-6-8/h1-3,8,15H,4-7H2. The maximum absolute atomic E-state index is 13.2. The molecule has 1 aliphatic rings. The fraction of sp³-hybridized carbons (Fsp3) is 0.455. The first kappa shape index (κ1) is 10.5. The van der Waals surface area contributed by atoms with Gasteiger partial charge in [-0.1, -0.05) is 6.07 Å². The number of hydrogen-bond donors (Lipinski definition) is 1. The average Bonchev–Trinajstić information content (AvgIpc) is 2.70. The van der Waals surface area contributed by atoms with Crippen LogP contribution in [0.2, 0.25) is 0 Å². The summed E-state index contributed by atoms with van der Waals surface area (Å²) in [7, 11) is 0. The Kier molecular flexibility index (Phi) is 3.28. The average molecular weight is 211 g/mol. The summed E-state index contributed by atoms with van der Waals surface area (Å²) in [6, 6.07) is 4.20. The van der Waals surface area contributed by atoms with E-state index in [1.54, 1.807) is 0 Å². The van der Waals surface area contributed by atoms with Gasteiger partial charge in [-0.3, -0.25) is 0 Å². The molecule has 4 heteroatoms. The number of benzene rings is 1. The van der Waals surface area contributed by atoms with Crippen LogP contribution in [0, 0.1) is 11.6 Å². The van der Waals surface area contributed by atoms with E-state index >= 15 is 0 Å². The van der Waals surface area contributed by atoms with Crippen molar-refractivity contribution in [3.8, 4) is 0 Å². The molecular weight excluding hydrogens is 198 g/mol. The van der Waals surface area contributed by atoms with Gasteiger partial charge in [0, 0.05) is 31.2 Å². The smallest absolute Gasteiger partial charge is 0.130 e. The van der Waals surface area contributed by atoms with Crippen molar-refractivity contribution >= 4 is 0 Å². The largest absolute Gasteiger partial charge is 0.308 e. The minimum Gasteiger partial charge on any atom is -0.308 e. The van der Waals surface area contributed by atoms with Crippen LogP contribution in [-0.4, -0.2) is 19.1 Å². The number of halogens is 2. The maximum atomic E-state index is 13.2. The van der Waals surface area contributed by atoms with Gasteiger partial charge in [-0.25, -0.2) is 14.1 Å². The van der Waals surface area contributed by atoms with Gasteiger partial charge in [-0.15, -0.1) is 0 Å². The van der Waals surface area contributed by atoms with Gasteiger partial charge in [-0.2, -0.15) is 0 Å². The second kappa shape index (κ2) is 4.68. The zero-order valence-corrected chi connectivity index (χ0v) is 8.34. The molecule has 1 aromatic carbocycles. The minimum atomic E-state index is -0.488. The quantitative estimate of drug-likeness (QED) is 0.804. The molecule has 0 amide bonds. The summed E-state index contributed by atoms with van der Waals surface area (Å²) in [5, 5.41) is 7.28. The van der Waals surface area contributed by atoms with Crippen LogP contribution in [0.5, 0.6) is 0 Å². The van der Waals surface area contributed by atoms with E-state index < -0.39 is 11.6 Å². The fourth-order valence-corrected chi connectivity index (χ4v) is 1.70. The lowest BCUT2D eigenvalue weighted by molar-refractivity contribution is 0.498. The summed E-state index contributed by atoms with van der Waals surface area (Å²) in [4.78, 5) is 0. The Labute approximate surface area is 87.7 Å². The Morgan fingerprint density at radius 1 is 1.33 bits per heavy atom. The molecule has 1 unspecified atom stereocenters. The molecule has 0 saturated carbocycles.